The topological polar surface area (TPSA) is 55.4 Å². The zero-order valence-corrected chi connectivity index (χ0v) is 12.3. The van der Waals surface area contributed by atoms with Gasteiger partial charge in [0, 0.05) is 5.56 Å². The molecule has 2 aromatic carbocycles. The zero-order chi connectivity index (χ0) is 17.9. The Bertz CT molecular complexity index is 787. The summed E-state index contributed by atoms with van der Waals surface area (Å²) < 4.78 is 53.4. The number of hydrogen-bond acceptors (Lipinski definition) is 3. The van der Waals surface area contributed by atoms with Crippen LogP contribution in [0.2, 0.25) is 0 Å². The van der Waals surface area contributed by atoms with Crippen molar-refractivity contribution in [3.63, 3.8) is 0 Å². The van der Waals surface area contributed by atoms with Gasteiger partial charge in [-0.15, -0.1) is 0 Å². The molecule has 0 unspecified atom stereocenters. The average Bonchev–Trinajstić information content (AvgIpc) is 2.48. The van der Waals surface area contributed by atoms with E-state index in [2.05, 4.69) is 4.74 Å². The first-order valence-electron chi connectivity index (χ1n) is 6.63. The van der Waals surface area contributed by atoms with E-state index in [1.54, 1.807) is 31.2 Å². The maximum absolute atomic E-state index is 13.5. The Hall–Kier alpha value is -2.90. The molecule has 0 saturated heterocycles. The normalized spacial score (nSPS) is 11.0. The summed E-state index contributed by atoms with van der Waals surface area (Å²) in [4.78, 5) is 22.1. The number of hydrogen-bond donors (Lipinski definition) is 1. The SMILES string of the molecule is Cc1cccc(-c2cc(F)ccc2NC(=O)OC(=O)C(F)(F)F)c1. The Kier molecular flexibility index (Phi) is 4.87. The third-order valence-electron chi connectivity index (χ3n) is 2.96. The Labute approximate surface area is 134 Å². The molecule has 1 N–H and O–H groups in total. The molecular formula is C16H11F4NO3. The van der Waals surface area contributed by atoms with Gasteiger partial charge in [0.2, 0.25) is 0 Å². The monoisotopic (exact) mass is 341 g/mol. The Morgan fingerprint density at radius 2 is 1.79 bits per heavy atom. The molecule has 0 saturated carbocycles. The van der Waals surface area contributed by atoms with E-state index in [4.69, 9.17) is 0 Å². The second-order valence-corrected chi connectivity index (χ2v) is 4.86. The molecule has 0 aliphatic carbocycles. The number of benzene rings is 2. The van der Waals surface area contributed by atoms with Crippen molar-refractivity contribution in [1.29, 1.82) is 0 Å². The first-order valence-corrected chi connectivity index (χ1v) is 6.63. The fourth-order valence-electron chi connectivity index (χ4n) is 1.95. The van der Waals surface area contributed by atoms with Gasteiger partial charge in [-0.05, 0) is 30.7 Å². The van der Waals surface area contributed by atoms with E-state index in [1.807, 2.05) is 5.32 Å². The van der Waals surface area contributed by atoms with Crippen LogP contribution in [-0.4, -0.2) is 18.2 Å². The summed E-state index contributed by atoms with van der Waals surface area (Å²) in [5, 5.41) is 2.01. The summed E-state index contributed by atoms with van der Waals surface area (Å²) in [6.07, 6.45) is -6.91. The lowest BCUT2D eigenvalue weighted by atomic mass is 10.0. The number of rotatable bonds is 2. The number of halogens is 4. The van der Waals surface area contributed by atoms with Crippen molar-refractivity contribution in [3.05, 3.63) is 53.8 Å². The van der Waals surface area contributed by atoms with Crippen LogP contribution in [0.15, 0.2) is 42.5 Å². The predicted octanol–water partition coefficient (Wildman–Crippen LogP) is 4.44. The predicted molar refractivity (Wildman–Crippen MR) is 77.7 cm³/mol. The van der Waals surface area contributed by atoms with Crippen LogP contribution in [-0.2, 0) is 9.53 Å². The number of alkyl halides is 3. The number of anilines is 1. The van der Waals surface area contributed by atoms with Crippen molar-refractivity contribution in [2.45, 2.75) is 13.1 Å². The van der Waals surface area contributed by atoms with Crippen molar-refractivity contribution in [2.24, 2.45) is 0 Å². The summed E-state index contributed by atoms with van der Waals surface area (Å²) in [5.74, 6) is -3.24. The standard InChI is InChI=1S/C16H11F4NO3/c1-9-3-2-4-10(7-9)12-8-11(17)5-6-13(12)21-15(23)24-14(22)16(18,19)20/h2-8H,1H3,(H,21,23). The minimum absolute atomic E-state index is 0.00183. The number of carbonyl (C=O) groups excluding carboxylic acids is 2. The van der Waals surface area contributed by atoms with Crippen molar-refractivity contribution in [3.8, 4) is 11.1 Å². The molecule has 0 spiro atoms. The number of ether oxygens (including phenoxy) is 1. The van der Waals surface area contributed by atoms with Gasteiger partial charge < -0.3 is 4.74 Å². The average molecular weight is 341 g/mol. The highest BCUT2D eigenvalue weighted by molar-refractivity contribution is 5.97. The van der Waals surface area contributed by atoms with Gasteiger partial charge in [-0.3, -0.25) is 5.32 Å². The molecular weight excluding hydrogens is 330 g/mol. The molecule has 126 valence electrons. The number of carbonyl (C=O) groups is 2. The lowest BCUT2D eigenvalue weighted by molar-refractivity contribution is -0.192. The molecule has 0 atom stereocenters. The molecule has 2 aromatic rings. The number of aryl methyl sites for hydroxylation is 1. The lowest BCUT2D eigenvalue weighted by Gasteiger charge is -2.12. The molecule has 0 aliphatic heterocycles. The fraction of sp³-hybridized carbons (Fsp3) is 0.125. The first kappa shape index (κ1) is 17.5. The summed E-state index contributed by atoms with van der Waals surface area (Å²) in [7, 11) is 0. The molecule has 0 aliphatic rings. The summed E-state index contributed by atoms with van der Waals surface area (Å²) >= 11 is 0. The Morgan fingerprint density at radius 3 is 2.42 bits per heavy atom. The van der Waals surface area contributed by atoms with Crippen LogP contribution in [0.3, 0.4) is 0 Å². The van der Waals surface area contributed by atoms with Crippen molar-refractivity contribution < 1.29 is 31.9 Å². The molecule has 24 heavy (non-hydrogen) atoms. The van der Waals surface area contributed by atoms with E-state index in [9.17, 15) is 27.2 Å². The van der Waals surface area contributed by atoms with Gasteiger partial charge in [-0.25, -0.2) is 14.0 Å². The molecule has 0 heterocycles. The minimum Gasteiger partial charge on any atom is -0.369 e. The van der Waals surface area contributed by atoms with Crippen LogP contribution in [0.5, 0.6) is 0 Å². The van der Waals surface area contributed by atoms with Gasteiger partial charge in [0.25, 0.3) is 0 Å². The lowest BCUT2D eigenvalue weighted by Crippen LogP contribution is -2.30. The Morgan fingerprint density at radius 1 is 1.08 bits per heavy atom. The summed E-state index contributed by atoms with van der Waals surface area (Å²) in [5.41, 5.74) is 1.63. The van der Waals surface area contributed by atoms with Crippen LogP contribution in [0.4, 0.5) is 28.0 Å². The minimum atomic E-state index is -5.29. The molecule has 0 fully saturated rings. The van der Waals surface area contributed by atoms with Crippen molar-refractivity contribution >= 4 is 17.7 Å². The quantitative estimate of drug-likeness (QED) is 0.499. The van der Waals surface area contributed by atoms with Gasteiger partial charge in [-0.1, -0.05) is 29.8 Å². The number of nitrogens with one attached hydrogen (secondary N) is 1. The highest BCUT2D eigenvalue weighted by Crippen LogP contribution is 2.30. The van der Waals surface area contributed by atoms with E-state index >= 15 is 0 Å². The largest absolute Gasteiger partial charge is 0.491 e. The van der Waals surface area contributed by atoms with Crippen molar-refractivity contribution in [2.75, 3.05) is 5.32 Å². The Balaban J connectivity index is 2.28. The third kappa shape index (κ3) is 4.31. The summed E-state index contributed by atoms with van der Waals surface area (Å²) in [6, 6.07) is 10.1. The van der Waals surface area contributed by atoms with E-state index in [0.29, 0.717) is 5.56 Å². The molecule has 8 heteroatoms. The van der Waals surface area contributed by atoms with Gasteiger partial charge in [0.15, 0.2) is 0 Å². The zero-order valence-electron chi connectivity index (χ0n) is 12.3. The van der Waals surface area contributed by atoms with Crippen LogP contribution in [0.25, 0.3) is 11.1 Å². The van der Waals surface area contributed by atoms with Crippen LogP contribution < -0.4 is 5.32 Å². The highest BCUT2D eigenvalue weighted by Gasteiger charge is 2.42. The molecule has 0 radical (unpaired) electrons. The first-order chi connectivity index (χ1) is 11.2. The fourth-order valence-corrected chi connectivity index (χ4v) is 1.95. The van der Waals surface area contributed by atoms with Crippen molar-refractivity contribution in [1.82, 2.24) is 0 Å². The van der Waals surface area contributed by atoms with Gasteiger partial charge in [0.1, 0.15) is 5.82 Å². The van der Waals surface area contributed by atoms with Crippen LogP contribution >= 0.6 is 0 Å². The van der Waals surface area contributed by atoms with Crippen LogP contribution in [0.1, 0.15) is 5.56 Å². The third-order valence-corrected chi connectivity index (χ3v) is 2.96. The second kappa shape index (κ2) is 6.69. The van der Waals surface area contributed by atoms with E-state index in [1.165, 1.54) is 0 Å². The van der Waals surface area contributed by atoms with E-state index in [-0.39, 0.29) is 11.3 Å². The molecule has 2 rings (SSSR count). The van der Waals surface area contributed by atoms with E-state index in [0.717, 1.165) is 23.8 Å². The molecule has 0 aromatic heterocycles. The maximum Gasteiger partial charge on any atom is 0.491 e. The smallest absolute Gasteiger partial charge is 0.369 e. The summed E-state index contributed by atoms with van der Waals surface area (Å²) in [6.45, 7) is 1.80. The number of amides is 1. The number of esters is 1. The van der Waals surface area contributed by atoms with Crippen LogP contribution in [0, 0.1) is 12.7 Å². The van der Waals surface area contributed by atoms with Gasteiger partial charge in [-0.2, -0.15) is 13.2 Å². The molecule has 0 bridgehead atoms. The van der Waals surface area contributed by atoms with E-state index < -0.39 is 24.1 Å². The second-order valence-electron chi connectivity index (χ2n) is 4.86. The highest BCUT2D eigenvalue weighted by atomic mass is 19.4. The maximum atomic E-state index is 13.5. The van der Waals surface area contributed by atoms with Gasteiger partial charge in [0.05, 0.1) is 5.69 Å². The molecule has 4 nitrogen and oxygen atoms in total. The molecule has 1 amide bonds. The van der Waals surface area contributed by atoms with Gasteiger partial charge >= 0.3 is 18.2 Å².